The van der Waals surface area contributed by atoms with Crippen LogP contribution in [0.15, 0.2) is 52.1 Å². The van der Waals surface area contributed by atoms with Crippen LogP contribution in [0.4, 0.5) is 0 Å². The number of sulfonamides is 1. The van der Waals surface area contributed by atoms with Crippen LogP contribution in [0, 0.1) is 12.3 Å². The van der Waals surface area contributed by atoms with E-state index in [9.17, 15) is 18.0 Å². The highest BCUT2D eigenvalue weighted by molar-refractivity contribution is 7.89. The summed E-state index contributed by atoms with van der Waals surface area (Å²) in [6, 6.07) is 8.52. The molecule has 0 bridgehead atoms. The van der Waals surface area contributed by atoms with E-state index in [-0.39, 0.29) is 28.7 Å². The van der Waals surface area contributed by atoms with Gasteiger partial charge in [0, 0.05) is 32.3 Å². The van der Waals surface area contributed by atoms with Crippen LogP contribution in [0.5, 0.6) is 0 Å². The van der Waals surface area contributed by atoms with Crippen molar-refractivity contribution in [3.63, 3.8) is 0 Å². The van der Waals surface area contributed by atoms with E-state index in [0.29, 0.717) is 26.2 Å². The monoisotopic (exact) mass is 487 g/mol. The number of hydrogen-bond acceptors (Lipinski definition) is 5. The average molecular weight is 488 g/mol. The Kier molecular flexibility index (Phi) is 7.02. The van der Waals surface area contributed by atoms with Gasteiger partial charge in [0.25, 0.3) is 0 Å². The van der Waals surface area contributed by atoms with Gasteiger partial charge in [-0.2, -0.15) is 11.3 Å². The number of likely N-dealkylation sites (tertiary alicyclic amines) is 2. The van der Waals surface area contributed by atoms with Crippen molar-refractivity contribution in [1.82, 2.24) is 14.5 Å². The maximum Gasteiger partial charge on any atom is 0.246 e. The van der Waals surface area contributed by atoms with Crippen LogP contribution in [0.2, 0.25) is 0 Å². The first kappa shape index (κ1) is 23.7. The molecule has 2 fully saturated rings. The molecule has 2 amide bonds. The molecule has 1 aromatic heterocycles. The van der Waals surface area contributed by atoms with E-state index in [1.807, 2.05) is 34.7 Å². The van der Waals surface area contributed by atoms with Crippen molar-refractivity contribution in [2.24, 2.45) is 5.41 Å². The fourth-order valence-corrected chi connectivity index (χ4v) is 6.07. The Morgan fingerprint density at radius 1 is 1.06 bits per heavy atom. The molecular formula is C24H29N3O4S2. The summed E-state index contributed by atoms with van der Waals surface area (Å²) in [5.74, 6) is -0.188. The molecule has 2 saturated heterocycles. The molecule has 9 heteroatoms. The van der Waals surface area contributed by atoms with E-state index < -0.39 is 10.0 Å². The lowest BCUT2D eigenvalue weighted by Crippen LogP contribution is -2.45. The van der Waals surface area contributed by atoms with Gasteiger partial charge in [-0.05, 0) is 72.2 Å². The molecule has 2 aliphatic rings. The second kappa shape index (κ2) is 9.79. The van der Waals surface area contributed by atoms with E-state index in [1.54, 1.807) is 34.4 Å². The zero-order valence-electron chi connectivity index (χ0n) is 18.7. The molecule has 0 aliphatic carbocycles. The molecule has 7 nitrogen and oxygen atoms in total. The summed E-state index contributed by atoms with van der Waals surface area (Å²) in [7, 11) is -3.72. The molecule has 0 saturated carbocycles. The van der Waals surface area contributed by atoms with Gasteiger partial charge in [-0.15, -0.1) is 0 Å². The summed E-state index contributed by atoms with van der Waals surface area (Å²) >= 11 is 1.60. The number of amides is 2. The topological polar surface area (TPSA) is 86.8 Å². The molecule has 0 unspecified atom stereocenters. The first-order chi connectivity index (χ1) is 15.8. The van der Waals surface area contributed by atoms with E-state index in [0.717, 1.165) is 30.4 Å². The van der Waals surface area contributed by atoms with Crippen molar-refractivity contribution in [3.8, 4) is 0 Å². The first-order valence-corrected chi connectivity index (χ1v) is 13.5. The third kappa shape index (κ3) is 5.72. The number of thiophene rings is 1. The van der Waals surface area contributed by atoms with Gasteiger partial charge in [0.05, 0.1) is 11.4 Å². The maximum absolute atomic E-state index is 12.7. The van der Waals surface area contributed by atoms with E-state index in [2.05, 4.69) is 4.72 Å². The number of benzene rings is 1. The minimum Gasteiger partial charge on any atom is -0.341 e. The van der Waals surface area contributed by atoms with Gasteiger partial charge in [0.15, 0.2) is 0 Å². The van der Waals surface area contributed by atoms with Crippen molar-refractivity contribution < 1.29 is 18.0 Å². The summed E-state index contributed by atoms with van der Waals surface area (Å²) in [4.78, 5) is 29.0. The van der Waals surface area contributed by atoms with Gasteiger partial charge in [0.2, 0.25) is 21.8 Å². The summed E-state index contributed by atoms with van der Waals surface area (Å²) in [6.07, 6.45) is 6.06. The van der Waals surface area contributed by atoms with Crippen molar-refractivity contribution in [3.05, 3.63) is 58.3 Å². The van der Waals surface area contributed by atoms with E-state index in [1.165, 1.54) is 12.1 Å². The number of nitrogens with one attached hydrogen (secondary N) is 1. The first-order valence-electron chi connectivity index (χ1n) is 11.1. The highest BCUT2D eigenvalue weighted by atomic mass is 32.2. The second-order valence-electron chi connectivity index (χ2n) is 8.92. The molecular weight excluding hydrogens is 458 g/mol. The molecule has 2 aliphatic heterocycles. The third-order valence-corrected chi connectivity index (χ3v) is 8.75. The lowest BCUT2D eigenvalue weighted by Gasteiger charge is -2.39. The largest absolute Gasteiger partial charge is 0.341 e. The number of aryl methyl sites for hydroxylation is 1. The second-order valence-corrected chi connectivity index (χ2v) is 11.5. The minimum absolute atomic E-state index is 0.0132. The predicted octanol–water partition coefficient (Wildman–Crippen LogP) is 2.89. The number of hydrogen-bond donors (Lipinski definition) is 1. The van der Waals surface area contributed by atoms with Crippen molar-refractivity contribution in [1.29, 1.82) is 0 Å². The molecule has 1 spiro atoms. The quantitative estimate of drug-likeness (QED) is 0.635. The molecule has 33 heavy (non-hydrogen) atoms. The van der Waals surface area contributed by atoms with Crippen LogP contribution in [-0.4, -0.2) is 62.8 Å². The van der Waals surface area contributed by atoms with Crippen LogP contribution in [0.1, 0.15) is 30.4 Å². The highest BCUT2D eigenvalue weighted by Crippen LogP contribution is 2.40. The average Bonchev–Trinajstić information content (AvgIpc) is 3.47. The number of nitrogens with zero attached hydrogens (tertiary/aromatic N) is 2. The molecule has 4 rings (SSSR count). The summed E-state index contributed by atoms with van der Waals surface area (Å²) in [6.45, 7) is 4.23. The number of piperidine rings is 1. The smallest absolute Gasteiger partial charge is 0.246 e. The van der Waals surface area contributed by atoms with Crippen molar-refractivity contribution in [2.45, 2.75) is 31.1 Å². The summed E-state index contributed by atoms with van der Waals surface area (Å²) < 4.78 is 27.4. The van der Waals surface area contributed by atoms with Gasteiger partial charge in [-0.25, -0.2) is 13.1 Å². The Balaban J connectivity index is 1.26. The molecule has 0 radical (unpaired) electrons. The SMILES string of the molecule is Cc1ccc(S(=O)(=O)NCC(=O)N2CCC3(CCN(C(=O)/C=C/c4ccsc4)CC3)C2)cc1. The van der Waals surface area contributed by atoms with Gasteiger partial charge in [-0.3, -0.25) is 9.59 Å². The fraction of sp³-hybridized carbons (Fsp3) is 0.417. The van der Waals surface area contributed by atoms with E-state index in [4.69, 9.17) is 0 Å². The lowest BCUT2D eigenvalue weighted by molar-refractivity contribution is -0.131. The standard InChI is InChI=1S/C24H29N3O4S2/c1-19-2-5-21(6-3-19)33(30,31)25-16-23(29)27-14-11-24(18-27)9-12-26(13-10-24)22(28)7-4-20-8-15-32-17-20/h2-8,15,17,25H,9-14,16,18H2,1H3/b7-4+. The van der Waals surface area contributed by atoms with Crippen LogP contribution < -0.4 is 4.72 Å². The predicted molar refractivity (Wildman–Crippen MR) is 129 cm³/mol. The lowest BCUT2D eigenvalue weighted by atomic mass is 9.78. The molecule has 1 aromatic carbocycles. The number of carbonyl (C=O) groups excluding carboxylic acids is 2. The third-order valence-electron chi connectivity index (χ3n) is 6.63. The van der Waals surface area contributed by atoms with Gasteiger partial charge in [0.1, 0.15) is 0 Å². The van der Waals surface area contributed by atoms with Gasteiger partial charge in [-0.1, -0.05) is 17.7 Å². The molecule has 3 heterocycles. The Labute approximate surface area is 199 Å². The summed E-state index contributed by atoms with van der Waals surface area (Å²) in [5.41, 5.74) is 2.02. The van der Waals surface area contributed by atoms with E-state index >= 15 is 0 Å². The van der Waals surface area contributed by atoms with Crippen molar-refractivity contribution in [2.75, 3.05) is 32.7 Å². The van der Waals surface area contributed by atoms with Crippen LogP contribution in [0.25, 0.3) is 6.08 Å². The Morgan fingerprint density at radius 3 is 2.36 bits per heavy atom. The van der Waals surface area contributed by atoms with Gasteiger partial charge >= 0.3 is 0 Å². The highest BCUT2D eigenvalue weighted by Gasteiger charge is 2.42. The number of rotatable bonds is 6. The summed E-state index contributed by atoms with van der Waals surface area (Å²) in [5, 5.41) is 3.98. The minimum atomic E-state index is -3.72. The zero-order chi connectivity index (χ0) is 23.5. The molecule has 176 valence electrons. The maximum atomic E-state index is 12.7. The number of carbonyl (C=O) groups is 2. The molecule has 0 atom stereocenters. The zero-order valence-corrected chi connectivity index (χ0v) is 20.3. The van der Waals surface area contributed by atoms with Gasteiger partial charge < -0.3 is 9.80 Å². The molecule has 1 N–H and O–H groups in total. The fourth-order valence-electron chi connectivity index (χ4n) is 4.47. The molecule has 2 aromatic rings. The normalized spacial score (nSPS) is 18.3. The van der Waals surface area contributed by atoms with Crippen LogP contribution in [-0.2, 0) is 19.6 Å². The van der Waals surface area contributed by atoms with Crippen LogP contribution >= 0.6 is 11.3 Å². The Bertz CT molecular complexity index is 1120. The Morgan fingerprint density at radius 2 is 1.73 bits per heavy atom. The van der Waals surface area contributed by atoms with Crippen LogP contribution in [0.3, 0.4) is 0 Å². The Hall–Kier alpha value is -2.49. The van der Waals surface area contributed by atoms with Crippen molar-refractivity contribution >= 4 is 39.3 Å².